The van der Waals surface area contributed by atoms with Gasteiger partial charge in [-0.25, -0.2) is 4.98 Å². The van der Waals surface area contributed by atoms with Crippen molar-refractivity contribution in [3.63, 3.8) is 0 Å². The highest BCUT2D eigenvalue weighted by atomic mass is 15.2. The Hall–Kier alpha value is -1.71. The summed E-state index contributed by atoms with van der Waals surface area (Å²) in [5.41, 5.74) is 1.00. The van der Waals surface area contributed by atoms with Gasteiger partial charge in [-0.3, -0.25) is 10.1 Å². The van der Waals surface area contributed by atoms with Crippen molar-refractivity contribution in [1.82, 2.24) is 20.2 Å². The van der Waals surface area contributed by atoms with E-state index in [1.807, 2.05) is 18.2 Å². The van der Waals surface area contributed by atoms with Crippen LogP contribution in [0.2, 0.25) is 0 Å². The molecule has 0 aliphatic carbocycles. The second-order valence-electron chi connectivity index (χ2n) is 3.79. The predicted molar refractivity (Wildman–Crippen MR) is 57.5 cm³/mol. The number of nitrogens with zero attached hydrogens (tertiary/aromatic N) is 3. The quantitative estimate of drug-likeness (QED) is 0.827. The maximum Gasteiger partial charge on any atom is 0.153 e. The van der Waals surface area contributed by atoms with E-state index < -0.39 is 0 Å². The molecule has 0 unspecified atom stereocenters. The van der Waals surface area contributed by atoms with E-state index in [4.69, 9.17) is 0 Å². The number of H-pyrrole nitrogens is 1. The molecule has 0 bridgehead atoms. The molecular weight excluding hydrogens is 188 g/mol. The predicted octanol–water partition coefficient (Wildman–Crippen LogP) is 1.91. The lowest BCUT2D eigenvalue weighted by molar-refractivity contribution is 0.780. The number of hydrogen-bond acceptors (Lipinski definition) is 3. The molecule has 78 valence electrons. The van der Waals surface area contributed by atoms with Gasteiger partial charge >= 0.3 is 0 Å². The Bertz CT molecular complexity index is 419. The highest BCUT2D eigenvalue weighted by Crippen LogP contribution is 2.09. The van der Waals surface area contributed by atoms with Gasteiger partial charge in [0.1, 0.15) is 5.82 Å². The molecule has 4 heteroatoms. The summed E-state index contributed by atoms with van der Waals surface area (Å²) in [6.45, 7) is 4.15. The normalized spacial score (nSPS) is 10.9. The molecular formula is C11H14N4. The van der Waals surface area contributed by atoms with Crippen molar-refractivity contribution in [2.24, 2.45) is 0 Å². The fraction of sp³-hybridized carbons (Fsp3) is 0.364. The van der Waals surface area contributed by atoms with Crippen LogP contribution in [0.5, 0.6) is 0 Å². The maximum atomic E-state index is 4.40. The summed E-state index contributed by atoms with van der Waals surface area (Å²) < 4.78 is 0. The minimum Gasteiger partial charge on any atom is -0.263 e. The lowest BCUT2D eigenvalue weighted by Gasteiger charge is -1.95. The van der Waals surface area contributed by atoms with Crippen molar-refractivity contribution in [2.45, 2.75) is 26.2 Å². The van der Waals surface area contributed by atoms with Crippen LogP contribution < -0.4 is 0 Å². The summed E-state index contributed by atoms with van der Waals surface area (Å²) in [6, 6.07) is 5.86. The second kappa shape index (κ2) is 4.21. The van der Waals surface area contributed by atoms with Gasteiger partial charge < -0.3 is 0 Å². The number of aromatic nitrogens is 4. The van der Waals surface area contributed by atoms with E-state index in [1.165, 1.54) is 0 Å². The van der Waals surface area contributed by atoms with Crippen LogP contribution in [0.25, 0.3) is 0 Å². The lowest BCUT2D eigenvalue weighted by atomic mass is 10.2. The summed E-state index contributed by atoms with van der Waals surface area (Å²) in [6.07, 6.45) is 2.50. The Morgan fingerprint density at radius 2 is 2.20 bits per heavy atom. The molecule has 1 N–H and O–H groups in total. The largest absolute Gasteiger partial charge is 0.263 e. The average Bonchev–Trinajstić information content (AvgIpc) is 2.68. The molecule has 0 atom stereocenters. The summed E-state index contributed by atoms with van der Waals surface area (Å²) >= 11 is 0. The summed E-state index contributed by atoms with van der Waals surface area (Å²) in [4.78, 5) is 8.64. The Balaban J connectivity index is 2.12. The van der Waals surface area contributed by atoms with Crippen LogP contribution in [0.1, 0.15) is 37.1 Å². The molecule has 0 saturated carbocycles. The van der Waals surface area contributed by atoms with Crippen LogP contribution in [0.15, 0.2) is 24.4 Å². The van der Waals surface area contributed by atoms with E-state index in [1.54, 1.807) is 6.20 Å². The van der Waals surface area contributed by atoms with E-state index in [0.29, 0.717) is 12.3 Å². The minimum atomic E-state index is 0.360. The lowest BCUT2D eigenvalue weighted by Crippen LogP contribution is -1.94. The van der Waals surface area contributed by atoms with Crippen molar-refractivity contribution in [2.75, 3.05) is 0 Å². The first-order valence-corrected chi connectivity index (χ1v) is 5.07. The SMILES string of the molecule is CC(C)c1n[nH]c(Cc2ccccn2)n1. The average molecular weight is 202 g/mol. The third-order valence-electron chi connectivity index (χ3n) is 2.14. The van der Waals surface area contributed by atoms with Crippen LogP contribution >= 0.6 is 0 Å². The van der Waals surface area contributed by atoms with Gasteiger partial charge in [-0.2, -0.15) is 5.10 Å². The molecule has 0 spiro atoms. The maximum absolute atomic E-state index is 4.40. The monoisotopic (exact) mass is 202 g/mol. The first kappa shape index (κ1) is 9.83. The Kier molecular flexibility index (Phi) is 2.76. The Morgan fingerprint density at radius 3 is 2.80 bits per heavy atom. The minimum absolute atomic E-state index is 0.360. The fourth-order valence-corrected chi connectivity index (χ4v) is 1.32. The molecule has 0 aliphatic heterocycles. The number of rotatable bonds is 3. The van der Waals surface area contributed by atoms with Crippen LogP contribution in [0, 0.1) is 0 Å². The van der Waals surface area contributed by atoms with Crippen molar-refractivity contribution >= 4 is 0 Å². The van der Waals surface area contributed by atoms with E-state index in [2.05, 4.69) is 34.0 Å². The third kappa shape index (κ3) is 2.40. The van der Waals surface area contributed by atoms with Gasteiger partial charge in [0.2, 0.25) is 0 Å². The second-order valence-corrected chi connectivity index (χ2v) is 3.79. The molecule has 0 saturated heterocycles. The van der Waals surface area contributed by atoms with Crippen molar-refractivity contribution in [3.8, 4) is 0 Å². The molecule has 2 rings (SSSR count). The van der Waals surface area contributed by atoms with Gasteiger partial charge in [-0.15, -0.1) is 0 Å². The Morgan fingerprint density at radius 1 is 1.33 bits per heavy atom. The van der Waals surface area contributed by atoms with Gasteiger partial charge in [-0.05, 0) is 12.1 Å². The summed E-state index contributed by atoms with van der Waals surface area (Å²) in [7, 11) is 0. The number of pyridine rings is 1. The van der Waals surface area contributed by atoms with Crippen LogP contribution in [0.3, 0.4) is 0 Å². The molecule has 2 aromatic rings. The number of aromatic amines is 1. The van der Waals surface area contributed by atoms with Crippen LogP contribution in [-0.4, -0.2) is 20.2 Å². The molecule has 2 aromatic heterocycles. The molecule has 2 heterocycles. The Labute approximate surface area is 88.8 Å². The summed E-state index contributed by atoms with van der Waals surface area (Å²) in [5, 5.41) is 7.08. The molecule has 0 fully saturated rings. The van der Waals surface area contributed by atoms with Crippen molar-refractivity contribution in [1.29, 1.82) is 0 Å². The molecule has 4 nitrogen and oxygen atoms in total. The fourth-order valence-electron chi connectivity index (χ4n) is 1.32. The molecule has 0 amide bonds. The zero-order valence-electron chi connectivity index (χ0n) is 8.94. The van der Waals surface area contributed by atoms with Crippen molar-refractivity contribution < 1.29 is 0 Å². The number of hydrogen-bond donors (Lipinski definition) is 1. The van der Waals surface area contributed by atoms with Crippen LogP contribution in [-0.2, 0) is 6.42 Å². The zero-order valence-corrected chi connectivity index (χ0v) is 8.94. The van der Waals surface area contributed by atoms with E-state index in [-0.39, 0.29) is 0 Å². The van der Waals surface area contributed by atoms with Gasteiger partial charge in [0.25, 0.3) is 0 Å². The van der Waals surface area contributed by atoms with Gasteiger partial charge in [0.15, 0.2) is 5.82 Å². The first-order chi connectivity index (χ1) is 7.25. The first-order valence-electron chi connectivity index (χ1n) is 5.07. The molecule has 0 aliphatic rings. The molecule has 15 heavy (non-hydrogen) atoms. The number of nitrogens with one attached hydrogen (secondary N) is 1. The highest BCUT2D eigenvalue weighted by Gasteiger charge is 2.07. The third-order valence-corrected chi connectivity index (χ3v) is 2.14. The highest BCUT2D eigenvalue weighted by molar-refractivity contribution is 5.10. The molecule has 0 aromatic carbocycles. The zero-order chi connectivity index (χ0) is 10.7. The molecule has 0 radical (unpaired) electrons. The smallest absolute Gasteiger partial charge is 0.153 e. The van der Waals surface area contributed by atoms with Crippen LogP contribution in [0.4, 0.5) is 0 Å². The topological polar surface area (TPSA) is 54.5 Å². The van der Waals surface area contributed by atoms with E-state index >= 15 is 0 Å². The van der Waals surface area contributed by atoms with E-state index in [9.17, 15) is 0 Å². The van der Waals surface area contributed by atoms with Gasteiger partial charge in [0.05, 0.1) is 0 Å². The van der Waals surface area contributed by atoms with Crippen molar-refractivity contribution in [3.05, 3.63) is 41.7 Å². The van der Waals surface area contributed by atoms with E-state index in [0.717, 1.165) is 17.3 Å². The standard InChI is InChI=1S/C11H14N4/c1-8(2)11-13-10(14-15-11)7-9-5-3-4-6-12-9/h3-6,8H,7H2,1-2H3,(H,13,14,15). The van der Waals surface area contributed by atoms with Gasteiger partial charge in [-0.1, -0.05) is 19.9 Å². The van der Waals surface area contributed by atoms with Gasteiger partial charge in [0, 0.05) is 24.2 Å². The summed E-state index contributed by atoms with van der Waals surface area (Å²) in [5.74, 6) is 2.09.